The largest absolute Gasteiger partial charge is 0.478 e. The summed E-state index contributed by atoms with van der Waals surface area (Å²) in [6.45, 7) is 0. The van der Waals surface area contributed by atoms with E-state index in [9.17, 15) is 45.5 Å². The van der Waals surface area contributed by atoms with Gasteiger partial charge in [0.25, 0.3) is 11.8 Å². The van der Waals surface area contributed by atoms with Crippen molar-refractivity contribution in [2.24, 2.45) is 0 Å². The van der Waals surface area contributed by atoms with Crippen molar-refractivity contribution >= 4 is 23.8 Å². The summed E-state index contributed by atoms with van der Waals surface area (Å²) in [6.07, 6.45) is 0. The van der Waals surface area contributed by atoms with E-state index in [-0.39, 0.29) is 12.1 Å². The summed E-state index contributed by atoms with van der Waals surface area (Å²) < 4.78 is 77.3. The van der Waals surface area contributed by atoms with E-state index in [4.69, 9.17) is 10.2 Å². The lowest BCUT2D eigenvalue weighted by atomic mass is 10.1. The van der Waals surface area contributed by atoms with E-state index in [0.717, 1.165) is 7.05 Å². The summed E-state index contributed by atoms with van der Waals surface area (Å²) in [7, 11) is 1.07. The Morgan fingerprint density at radius 1 is 0.700 bits per heavy atom. The van der Waals surface area contributed by atoms with Crippen LogP contribution in [0.4, 0.5) is 26.3 Å². The molecular weight excluding hydrogens is 428 g/mol. The molecule has 1 heterocycles. The summed E-state index contributed by atoms with van der Waals surface area (Å²) in [5.74, 6) is -15.5. The van der Waals surface area contributed by atoms with Crippen LogP contribution in [0.2, 0.25) is 0 Å². The van der Waals surface area contributed by atoms with Crippen LogP contribution in [-0.2, 0) is 0 Å². The van der Waals surface area contributed by atoms with Crippen molar-refractivity contribution in [3.8, 4) is 0 Å². The maximum atomic E-state index is 13.1. The number of rotatable bonds is 2. The summed E-state index contributed by atoms with van der Waals surface area (Å²) in [4.78, 5) is 43.9. The third-order valence-corrected chi connectivity index (χ3v) is 3.81. The van der Waals surface area contributed by atoms with E-state index >= 15 is 0 Å². The highest BCUT2D eigenvalue weighted by atomic mass is 19.2. The number of carboxylic acids is 2. The van der Waals surface area contributed by atoms with Crippen LogP contribution in [0.15, 0.2) is 12.1 Å². The Kier molecular flexibility index (Phi) is 5.86. The smallest absolute Gasteiger partial charge is 0.339 e. The zero-order valence-corrected chi connectivity index (χ0v) is 14.4. The molecule has 13 heteroatoms. The molecule has 3 rings (SSSR count). The Morgan fingerprint density at radius 3 is 1.63 bits per heavy atom. The number of imide groups is 1. The molecule has 2 N–H and O–H groups in total. The number of benzene rings is 2. The fraction of sp³-hybridized carbons (Fsp3) is 0.0588. The Bertz CT molecular complexity index is 1130. The number of carboxylic acid groups (broad SMARTS) is 2. The minimum absolute atomic E-state index is 0.0226. The molecule has 0 unspecified atom stereocenters. The average Bonchev–Trinajstić information content (AvgIpc) is 2.87. The highest BCUT2D eigenvalue weighted by Gasteiger charge is 2.39. The molecule has 2 aromatic carbocycles. The molecule has 30 heavy (non-hydrogen) atoms. The van der Waals surface area contributed by atoms with Gasteiger partial charge in [0.2, 0.25) is 0 Å². The van der Waals surface area contributed by atoms with Crippen LogP contribution in [0.25, 0.3) is 0 Å². The van der Waals surface area contributed by atoms with Crippen LogP contribution in [0.5, 0.6) is 0 Å². The Morgan fingerprint density at radius 2 is 1.13 bits per heavy atom. The van der Waals surface area contributed by atoms with Gasteiger partial charge < -0.3 is 10.2 Å². The van der Waals surface area contributed by atoms with Crippen molar-refractivity contribution in [1.82, 2.24) is 4.90 Å². The molecule has 2 aromatic rings. The maximum absolute atomic E-state index is 13.1. The first-order valence-electron chi connectivity index (χ1n) is 7.45. The number of aromatic carboxylic acids is 2. The van der Waals surface area contributed by atoms with Gasteiger partial charge in [0.05, 0.1) is 11.1 Å². The normalized spacial score (nSPS) is 12.4. The molecule has 0 atom stereocenters. The van der Waals surface area contributed by atoms with E-state index in [1.165, 1.54) is 0 Å². The number of hydrogen-bond acceptors (Lipinski definition) is 4. The van der Waals surface area contributed by atoms with Crippen LogP contribution in [0.3, 0.4) is 0 Å². The number of hydrogen-bond donors (Lipinski definition) is 2. The fourth-order valence-corrected chi connectivity index (χ4v) is 2.44. The van der Waals surface area contributed by atoms with Gasteiger partial charge in [0.1, 0.15) is 22.8 Å². The third-order valence-electron chi connectivity index (χ3n) is 3.81. The van der Waals surface area contributed by atoms with E-state index in [2.05, 4.69) is 0 Å². The number of carbonyl (C=O) groups is 4. The number of fused-ring (bicyclic) bond motifs is 1. The number of nitrogens with zero attached hydrogens (tertiary/aromatic N) is 1. The molecule has 0 radical (unpaired) electrons. The molecule has 0 fully saturated rings. The van der Waals surface area contributed by atoms with E-state index in [1.54, 1.807) is 0 Å². The zero-order chi connectivity index (χ0) is 23.1. The molecular formula is C17H7F6NO6. The predicted octanol–water partition coefficient (Wildman–Crippen LogP) is 2.83. The van der Waals surface area contributed by atoms with Gasteiger partial charge in [-0.05, 0) is 0 Å². The Balaban J connectivity index is 0.000000214. The zero-order valence-electron chi connectivity index (χ0n) is 14.4. The van der Waals surface area contributed by atoms with Crippen molar-refractivity contribution in [2.75, 3.05) is 7.05 Å². The molecule has 0 saturated heterocycles. The quantitative estimate of drug-likeness (QED) is 0.426. The molecule has 0 saturated carbocycles. The van der Waals surface area contributed by atoms with Gasteiger partial charge in [-0.2, -0.15) is 0 Å². The topological polar surface area (TPSA) is 112 Å². The van der Waals surface area contributed by atoms with Crippen LogP contribution < -0.4 is 0 Å². The van der Waals surface area contributed by atoms with Crippen molar-refractivity contribution in [2.45, 2.75) is 0 Å². The average molecular weight is 435 g/mol. The van der Waals surface area contributed by atoms with E-state index in [1.807, 2.05) is 0 Å². The van der Waals surface area contributed by atoms with Gasteiger partial charge in [-0.3, -0.25) is 14.5 Å². The van der Waals surface area contributed by atoms with E-state index in [0.29, 0.717) is 4.90 Å². The molecule has 0 aromatic heterocycles. The third kappa shape index (κ3) is 3.56. The van der Waals surface area contributed by atoms with Gasteiger partial charge in [0, 0.05) is 19.2 Å². The van der Waals surface area contributed by atoms with Gasteiger partial charge in [-0.15, -0.1) is 0 Å². The minimum atomic E-state index is -2.05. The summed E-state index contributed by atoms with van der Waals surface area (Å²) in [5, 5.41) is 16.8. The maximum Gasteiger partial charge on any atom is 0.339 e. The van der Waals surface area contributed by atoms with Crippen LogP contribution >= 0.6 is 0 Å². The van der Waals surface area contributed by atoms with Gasteiger partial charge >= 0.3 is 11.9 Å². The minimum Gasteiger partial charge on any atom is -0.478 e. The second-order valence-electron chi connectivity index (χ2n) is 5.59. The number of amides is 2. The molecule has 2 amide bonds. The molecule has 0 aliphatic carbocycles. The van der Waals surface area contributed by atoms with Crippen molar-refractivity contribution in [3.63, 3.8) is 0 Å². The Hall–Kier alpha value is -3.90. The lowest BCUT2D eigenvalue weighted by molar-refractivity contribution is 0.0641. The number of halogens is 6. The first-order valence-corrected chi connectivity index (χ1v) is 7.45. The molecule has 158 valence electrons. The molecule has 1 aliphatic heterocycles. The van der Waals surface area contributed by atoms with Crippen LogP contribution in [0.1, 0.15) is 41.4 Å². The van der Waals surface area contributed by atoms with Crippen molar-refractivity contribution < 1.29 is 55.7 Å². The van der Waals surface area contributed by atoms with Crippen molar-refractivity contribution in [1.29, 1.82) is 0 Å². The van der Waals surface area contributed by atoms with Crippen LogP contribution in [-0.4, -0.2) is 45.9 Å². The molecule has 0 bridgehead atoms. The second kappa shape index (κ2) is 7.85. The summed E-state index contributed by atoms with van der Waals surface area (Å²) in [6, 6.07) is 0.226. The molecule has 7 nitrogen and oxygen atoms in total. The summed E-state index contributed by atoms with van der Waals surface area (Å²) in [5.41, 5.74) is -4.47. The Labute approximate surface area is 161 Å². The van der Waals surface area contributed by atoms with Crippen LogP contribution in [0, 0.1) is 34.9 Å². The number of carbonyl (C=O) groups excluding carboxylic acids is 2. The molecule has 1 aliphatic rings. The first-order chi connectivity index (χ1) is 13.8. The lowest BCUT2D eigenvalue weighted by Gasteiger charge is -2.04. The summed E-state index contributed by atoms with van der Waals surface area (Å²) >= 11 is 0. The highest BCUT2D eigenvalue weighted by Crippen LogP contribution is 2.28. The van der Waals surface area contributed by atoms with Gasteiger partial charge in [0.15, 0.2) is 23.3 Å². The molecule has 0 spiro atoms. The lowest BCUT2D eigenvalue weighted by Crippen LogP contribution is -2.24. The predicted molar refractivity (Wildman–Crippen MR) is 83.0 cm³/mol. The highest BCUT2D eigenvalue weighted by molar-refractivity contribution is 6.21. The SMILES string of the molecule is CN1C(=O)c2c(F)cc(F)c(F)c2C1=O.O=C(O)c1c(F)cc(F)c(F)c1C(=O)O. The van der Waals surface area contributed by atoms with Gasteiger partial charge in [-0.1, -0.05) is 0 Å². The monoisotopic (exact) mass is 435 g/mol. The fourth-order valence-electron chi connectivity index (χ4n) is 2.44. The van der Waals surface area contributed by atoms with Gasteiger partial charge in [-0.25, -0.2) is 35.9 Å². The standard InChI is InChI=1S/C9H4F3NO2.C8H3F3O4/c1-13-8(14)5-3(10)2-4(11)7(12)6(5)9(13)15;9-2-1-3(10)6(11)5(8(14)15)4(2)7(12)13/h2H,1H3;1H,(H,12,13)(H,14,15). The second-order valence-corrected chi connectivity index (χ2v) is 5.59. The van der Waals surface area contributed by atoms with Crippen molar-refractivity contribution in [3.05, 3.63) is 69.3 Å². The first kappa shape index (κ1) is 22.4. The van der Waals surface area contributed by atoms with E-state index < -0.39 is 80.9 Å².